The first-order chi connectivity index (χ1) is 8.75. The number of likely N-dealkylation sites (N-methyl/N-ethyl adjacent to an activating group) is 1. The van der Waals surface area contributed by atoms with Crippen LogP contribution in [0.15, 0.2) is 24.3 Å². The maximum atomic E-state index is 6.16. The summed E-state index contributed by atoms with van der Waals surface area (Å²) >= 11 is 6.16. The number of benzene rings is 1. The molecule has 1 aromatic rings. The zero-order chi connectivity index (χ0) is 12.8. The van der Waals surface area contributed by atoms with Crippen LogP contribution in [0.25, 0.3) is 0 Å². The van der Waals surface area contributed by atoms with Crippen molar-refractivity contribution in [2.45, 2.75) is 6.54 Å². The van der Waals surface area contributed by atoms with E-state index in [9.17, 15) is 0 Å². The van der Waals surface area contributed by atoms with E-state index < -0.39 is 0 Å². The van der Waals surface area contributed by atoms with Crippen molar-refractivity contribution in [2.75, 3.05) is 46.4 Å². The van der Waals surface area contributed by atoms with Crippen LogP contribution in [0.5, 0.6) is 0 Å². The number of halogens is 1. The second-order valence-electron chi connectivity index (χ2n) is 4.78. The largest absolute Gasteiger partial charge is 0.379 e. The van der Waals surface area contributed by atoms with Gasteiger partial charge >= 0.3 is 0 Å². The average Bonchev–Trinajstić information content (AvgIpc) is 2.40. The lowest BCUT2D eigenvalue weighted by Crippen LogP contribution is -2.40. The van der Waals surface area contributed by atoms with Crippen molar-refractivity contribution in [3.05, 3.63) is 34.9 Å². The molecule has 0 bridgehead atoms. The summed E-state index contributed by atoms with van der Waals surface area (Å²) in [5.41, 5.74) is 1.20. The molecule has 1 heterocycles. The van der Waals surface area contributed by atoms with Crippen LogP contribution in [0.1, 0.15) is 5.56 Å². The van der Waals surface area contributed by atoms with E-state index in [4.69, 9.17) is 16.3 Å². The maximum absolute atomic E-state index is 6.16. The van der Waals surface area contributed by atoms with Gasteiger partial charge in [-0.05, 0) is 18.7 Å². The van der Waals surface area contributed by atoms with Gasteiger partial charge in [0.05, 0.1) is 13.2 Å². The lowest BCUT2D eigenvalue weighted by atomic mass is 10.2. The molecule has 0 aromatic heterocycles. The summed E-state index contributed by atoms with van der Waals surface area (Å²) in [6, 6.07) is 8.05. The van der Waals surface area contributed by atoms with Crippen LogP contribution in [0.3, 0.4) is 0 Å². The molecule has 0 unspecified atom stereocenters. The molecule has 0 atom stereocenters. The number of hydrogen-bond acceptors (Lipinski definition) is 3. The Morgan fingerprint density at radius 1 is 1.28 bits per heavy atom. The topological polar surface area (TPSA) is 15.7 Å². The third kappa shape index (κ3) is 4.25. The highest BCUT2D eigenvalue weighted by Crippen LogP contribution is 2.16. The van der Waals surface area contributed by atoms with Crippen molar-refractivity contribution in [1.82, 2.24) is 9.80 Å². The van der Waals surface area contributed by atoms with Crippen LogP contribution < -0.4 is 0 Å². The Hall–Kier alpha value is -0.610. The predicted molar refractivity (Wildman–Crippen MR) is 75.0 cm³/mol. The first-order valence-electron chi connectivity index (χ1n) is 6.48. The van der Waals surface area contributed by atoms with Crippen LogP contribution in [0, 0.1) is 0 Å². The van der Waals surface area contributed by atoms with Crippen molar-refractivity contribution in [3.63, 3.8) is 0 Å². The minimum atomic E-state index is 0.857. The highest BCUT2D eigenvalue weighted by atomic mass is 35.5. The highest BCUT2D eigenvalue weighted by Gasteiger charge is 2.11. The molecule has 0 radical (unpaired) electrons. The van der Waals surface area contributed by atoms with Gasteiger partial charge in [0.1, 0.15) is 0 Å². The summed E-state index contributed by atoms with van der Waals surface area (Å²) in [4.78, 5) is 4.77. The van der Waals surface area contributed by atoms with E-state index in [-0.39, 0.29) is 0 Å². The predicted octanol–water partition coefficient (Wildman–Crippen LogP) is 2.10. The maximum Gasteiger partial charge on any atom is 0.0594 e. The van der Waals surface area contributed by atoms with Crippen molar-refractivity contribution in [2.24, 2.45) is 0 Å². The summed E-state index contributed by atoms with van der Waals surface area (Å²) in [5.74, 6) is 0. The SMILES string of the molecule is CN(CCN1CCOCC1)Cc1ccccc1Cl. The molecule has 1 aliphatic rings. The Kier molecular flexibility index (Phi) is 5.45. The first-order valence-corrected chi connectivity index (χ1v) is 6.85. The quantitative estimate of drug-likeness (QED) is 0.814. The monoisotopic (exact) mass is 268 g/mol. The second kappa shape index (κ2) is 7.10. The van der Waals surface area contributed by atoms with E-state index in [1.54, 1.807) is 0 Å². The third-order valence-electron chi connectivity index (χ3n) is 3.30. The normalized spacial score (nSPS) is 17.3. The Labute approximate surface area is 114 Å². The zero-order valence-corrected chi connectivity index (χ0v) is 11.7. The summed E-state index contributed by atoms with van der Waals surface area (Å²) in [6.45, 7) is 6.92. The lowest BCUT2D eigenvalue weighted by molar-refractivity contribution is 0.0342. The van der Waals surface area contributed by atoms with E-state index in [0.29, 0.717) is 0 Å². The minimum Gasteiger partial charge on any atom is -0.379 e. The van der Waals surface area contributed by atoms with Crippen LogP contribution in [-0.4, -0.2) is 56.2 Å². The molecule has 1 aliphatic heterocycles. The Balaban J connectivity index is 1.74. The van der Waals surface area contributed by atoms with E-state index in [1.807, 2.05) is 18.2 Å². The van der Waals surface area contributed by atoms with Crippen molar-refractivity contribution in [1.29, 1.82) is 0 Å². The molecular formula is C14H21ClN2O. The molecule has 0 aliphatic carbocycles. The number of hydrogen-bond donors (Lipinski definition) is 0. The molecule has 0 amide bonds. The van der Waals surface area contributed by atoms with Gasteiger partial charge in [0, 0.05) is 37.7 Å². The van der Waals surface area contributed by atoms with Gasteiger partial charge in [-0.2, -0.15) is 0 Å². The fourth-order valence-corrected chi connectivity index (χ4v) is 2.33. The third-order valence-corrected chi connectivity index (χ3v) is 3.67. The molecular weight excluding hydrogens is 248 g/mol. The van der Waals surface area contributed by atoms with E-state index in [1.165, 1.54) is 5.56 Å². The fraction of sp³-hybridized carbons (Fsp3) is 0.571. The molecule has 100 valence electrons. The van der Waals surface area contributed by atoms with Crippen molar-refractivity contribution >= 4 is 11.6 Å². The standard InChI is InChI=1S/C14H21ClN2O/c1-16(6-7-17-8-10-18-11-9-17)12-13-4-2-3-5-14(13)15/h2-5H,6-12H2,1H3. The second-order valence-corrected chi connectivity index (χ2v) is 5.19. The van der Waals surface area contributed by atoms with Gasteiger partial charge in [0.15, 0.2) is 0 Å². The number of ether oxygens (including phenoxy) is 1. The van der Waals surface area contributed by atoms with Crippen LogP contribution >= 0.6 is 11.6 Å². The first kappa shape index (κ1) is 13.8. The van der Waals surface area contributed by atoms with Gasteiger partial charge in [-0.15, -0.1) is 0 Å². The van der Waals surface area contributed by atoms with Gasteiger partial charge in [-0.25, -0.2) is 0 Å². The molecule has 1 saturated heterocycles. The van der Waals surface area contributed by atoms with Crippen LogP contribution in [-0.2, 0) is 11.3 Å². The Morgan fingerprint density at radius 2 is 2.00 bits per heavy atom. The van der Waals surface area contributed by atoms with Gasteiger partial charge in [-0.3, -0.25) is 4.90 Å². The summed E-state index contributed by atoms with van der Waals surface area (Å²) < 4.78 is 5.35. The molecule has 1 fully saturated rings. The summed E-state index contributed by atoms with van der Waals surface area (Å²) in [6.07, 6.45) is 0. The van der Waals surface area contributed by atoms with E-state index in [2.05, 4.69) is 22.9 Å². The molecule has 3 nitrogen and oxygen atoms in total. The molecule has 18 heavy (non-hydrogen) atoms. The van der Waals surface area contributed by atoms with Gasteiger partial charge in [0.25, 0.3) is 0 Å². The molecule has 1 aromatic carbocycles. The minimum absolute atomic E-state index is 0.857. The van der Waals surface area contributed by atoms with Crippen molar-refractivity contribution in [3.8, 4) is 0 Å². The van der Waals surface area contributed by atoms with E-state index >= 15 is 0 Å². The van der Waals surface area contributed by atoms with Crippen LogP contribution in [0.2, 0.25) is 5.02 Å². The number of rotatable bonds is 5. The smallest absolute Gasteiger partial charge is 0.0594 e. The van der Waals surface area contributed by atoms with Crippen molar-refractivity contribution < 1.29 is 4.74 Å². The molecule has 0 N–H and O–H groups in total. The Morgan fingerprint density at radius 3 is 2.72 bits per heavy atom. The molecule has 2 rings (SSSR count). The zero-order valence-electron chi connectivity index (χ0n) is 10.9. The summed E-state index contributed by atoms with van der Waals surface area (Å²) in [7, 11) is 2.14. The van der Waals surface area contributed by atoms with E-state index in [0.717, 1.165) is 51.0 Å². The molecule has 0 spiro atoms. The van der Waals surface area contributed by atoms with Crippen LogP contribution in [0.4, 0.5) is 0 Å². The van der Waals surface area contributed by atoms with Gasteiger partial charge in [0.2, 0.25) is 0 Å². The Bertz CT molecular complexity index is 367. The lowest BCUT2D eigenvalue weighted by Gasteiger charge is -2.28. The molecule has 0 saturated carbocycles. The number of nitrogens with zero attached hydrogens (tertiary/aromatic N) is 2. The average molecular weight is 269 g/mol. The number of morpholine rings is 1. The summed E-state index contributed by atoms with van der Waals surface area (Å²) in [5, 5.41) is 0.857. The van der Waals surface area contributed by atoms with Gasteiger partial charge in [-0.1, -0.05) is 29.8 Å². The molecule has 4 heteroatoms. The highest BCUT2D eigenvalue weighted by molar-refractivity contribution is 6.31. The fourth-order valence-electron chi connectivity index (χ4n) is 2.13. The van der Waals surface area contributed by atoms with Gasteiger partial charge < -0.3 is 9.64 Å².